The summed E-state index contributed by atoms with van der Waals surface area (Å²) in [6.45, 7) is 4.87. The number of imidazole rings is 1. The number of aromatic nitrogens is 2. The van der Waals surface area contributed by atoms with Crippen LogP contribution in [0.3, 0.4) is 0 Å². The molecule has 6 nitrogen and oxygen atoms in total. The first-order valence-corrected chi connectivity index (χ1v) is 8.73. The number of hydrogen-bond donors (Lipinski definition) is 0. The molecule has 2 aliphatic heterocycles. The monoisotopic (exact) mass is 341 g/mol. The molecular weight excluding hydrogens is 318 g/mol. The maximum absolute atomic E-state index is 12.3. The number of ether oxygens (including phenoxy) is 2. The normalized spacial score (nSPS) is 22.4. The summed E-state index contributed by atoms with van der Waals surface area (Å²) in [5.41, 5.74) is 1.31. The van der Waals surface area contributed by atoms with E-state index in [4.69, 9.17) is 9.47 Å². The SMILES string of the molecule is C[C@@]1(Cc2ccc3c(c2)OCO3)CCC(=O)N(CCn2ccnc2)C1. The Labute approximate surface area is 147 Å². The number of rotatable bonds is 5. The van der Waals surface area contributed by atoms with Crippen molar-refractivity contribution < 1.29 is 14.3 Å². The van der Waals surface area contributed by atoms with Crippen molar-refractivity contribution >= 4 is 5.91 Å². The topological polar surface area (TPSA) is 56.6 Å². The third-order valence-electron chi connectivity index (χ3n) is 5.12. The number of carbonyl (C=O) groups is 1. The van der Waals surface area contributed by atoms with Crippen LogP contribution in [0.15, 0.2) is 36.9 Å². The van der Waals surface area contributed by atoms with Crippen LogP contribution in [0.2, 0.25) is 0 Å². The highest BCUT2D eigenvalue weighted by Crippen LogP contribution is 2.37. The molecule has 25 heavy (non-hydrogen) atoms. The van der Waals surface area contributed by atoms with E-state index in [1.807, 2.05) is 21.7 Å². The van der Waals surface area contributed by atoms with E-state index in [0.29, 0.717) is 13.2 Å². The van der Waals surface area contributed by atoms with E-state index in [2.05, 4.69) is 24.0 Å². The fourth-order valence-electron chi connectivity index (χ4n) is 3.74. The fourth-order valence-corrected chi connectivity index (χ4v) is 3.74. The highest BCUT2D eigenvalue weighted by atomic mass is 16.7. The molecule has 0 radical (unpaired) electrons. The predicted molar refractivity (Wildman–Crippen MR) is 92.4 cm³/mol. The van der Waals surface area contributed by atoms with Crippen molar-refractivity contribution in [2.45, 2.75) is 32.7 Å². The molecule has 0 bridgehead atoms. The maximum Gasteiger partial charge on any atom is 0.231 e. The average Bonchev–Trinajstić information content (AvgIpc) is 3.27. The summed E-state index contributed by atoms with van der Waals surface area (Å²) in [7, 11) is 0. The molecule has 1 amide bonds. The van der Waals surface area contributed by atoms with Crippen LogP contribution in [0.5, 0.6) is 11.5 Å². The van der Waals surface area contributed by atoms with Crippen LogP contribution in [0, 0.1) is 5.41 Å². The van der Waals surface area contributed by atoms with Crippen LogP contribution in [-0.4, -0.2) is 40.2 Å². The number of fused-ring (bicyclic) bond motifs is 1. The van der Waals surface area contributed by atoms with Crippen LogP contribution in [-0.2, 0) is 17.8 Å². The first kappa shape index (κ1) is 16.0. The van der Waals surface area contributed by atoms with Crippen molar-refractivity contribution in [2.24, 2.45) is 5.41 Å². The van der Waals surface area contributed by atoms with Gasteiger partial charge in [0.2, 0.25) is 12.7 Å². The molecule has 1 aromatic carbocycles. The van der Waals surface area contributed by atoms with Gasteiger partial charge in [-0.25, -0.2) is 4.98 Å². The van der Waals surface area contributed by atoms with Gasteiger partial charge in [0.05, 0.1) is 6.33 Å². The molecule has 1 fully saturated rings. The Kier molecular flexibility index (Phi) is 4.11. The Morgan fingerprint density at radius 2 is 2.12 bits per heavy atom. The Bertz CT molecular complexity index is 759. The van der Waals surface area contributed by atoms with Crippen LogP contribution >= 0.6 is 0 Å². The van der Waals surface area contributed by atoms with Crippen molar-refractivity contribution in [3.05, 3.63) is 42.5 Å². The van der Waals surface area contributed by atoms with Gasteiger partial charge in [-0.3, -0.25) is 4.79 Å². The Morgan fingerprint density at radius 3 is 2.96 bits per heavy atom. The summed E-state index contributed by atoms with van der Waals surface area (Å²) in [6.07, 6.45) is 7.95. The predicted octanol–water partition coefficient (Wildman–Crippen LogP) is 2.48. The number of piperidine rings is 1. The van der Waals surface area contributed by atoms with Gasteiger partial charge < -0.3 is 18.9 Å². The summed E-state index contributed by atoms with van der Waals surface area (Å²) in [6, 6.07) is 6.15. The molecule has 0 spiro atoms. The molecule has 2 aliphatic rings. The quantitative estimate of drug-likeness (QED) is 0.838. The van der Waals surface area contributed by atoms with Crippen molar-refractivity contribution in [3.8, 4) is 11.5 Å². The number of amides is 1. The van der Waals surface area contributed by atoms with Gasteiger partial charge in [-0.15, -0.1) is 0 Å². The van der Waals surface area contributed by atoms with Gasteiger partial charge in [-0.2, -0.15) is 0 Å². The van der Waals surface area contributed by atoms with Crippen LogP contribution in [0.25, 0.3) is 0 Å². The molecule has 2 aromatic rings. The van der Waals surface area contributed by atoms with E-state index >= 15 is 0 Å². The molecule has 132 valence electrons. The second-order valence-corrected chi connectivity index (χ2v) is 7.29. The van der Waals surface area contributed by atoms with Crippen LogP contribution in [0.4, 0.5) is 0 Å². The van der Waals surface area contributed by atoms with Crippen molar-refractivity contribution in [1.29, 1.82) is 0 Å². The van der Waals surface area contributed by atoms with Gasteiger partial charge in [0.1, 0.15) is 0 Å². The average molecular weight is 341 g/mol. The fraction of sp³-hybridized carbons (Fsp3) is 0.474. The molecule has 6 heteroatoms. The summed E-state index contributed by atoms with van der Waals surface area (Å²) in [5, 5.41) is 0. The molecule has 1 saturated heterocycles. The zero-order chi connectivity index (χ0) is 17.3. The number of hydrogen-bond acceptors (Lipinski definition) is 4. The smallest absolute Gasteiger partial charge is 0.231 e. The van der Waals surface area contributed by atoms with E-state index < -0.39 is 0 Å². The lowest BCUT2D eigenvalue weighted by molar-refractivity contribution is -0.137. The molecule has 0 N–H and O–H groups in total. The third-order valence-corrected chi connectivity index (χ3v) is 5.12. The minimum atomic E-state index is 0.0799. The summed E-state index contributed by atoms with van der Waals surface area (Å²) < 4.78 is 12.9. The standard InChI is InChI=1S/C19H23N3O3/c1-19(11-15-2-3-16-17(10-15)25-14-24-16)5-4-18(23)22(12-19)9-8-21-7-6-20-13-21/h2-3,6-7,10,13H,4-5,8-9,11-12,14H2,1H3/t19-/m0/s1. The summed E-state index contributed by atoms with van der Waals surface area (Å²) >= 11 is 0. The number of benzene rings is 1. The van der Waals surface area contributed by atoms with E-state index in [1.165, 1.54) is 5.56 Å². The largest absolute Gasteiger partial charge is 0.454 e. The Balaban J connectivity index is 1.42. The minimum absolute atomic E-state index is 0.0799. The van der Waals surface area contributed by atoms with Crippen LogP contribution < -0.4 is 9.47 Å². The number of likely N-dealkylation sites (tertiary alicyclic amines) is 1. The van der Waals surface area contributed by atoms with Gasteiger partial charge in [-0.05, 0) is 36.0 Å². The molecule has 0 unspecified atom stereocenters. The molecule has 4 rings (SSSR count). The van der Waals surface area contributed by atoms with Gasteiger partial charge in [0, 0.05) is 38.4 Å². The maximum atomic E-state index is 12.3. The highest BCUT2D eigenvalue weighted by Gasteiger charge is 2.35. The van der Waals surface area contributed by atoms with Crippen molar-refractivity contribution in [3.63, 3.8) is 0 Å². The second-order valence-electron chi connectivity index (χ2n) is 7.29. The van der Waals surface area contributed by atoms with E-state index in [0.717, 1.165) is 44.0 Å². The zero-order valence-electron chi connectivity index (χ0n) is 14.5. The van der Waals surface area contributed by atoms with Gasteiger partial charge in [-0.1, -0.05) is 13.0 Å². The summed E-state index contributed by atoms with van der Waals surface area (Å²) in [4.78, 5) is 18.4. The highest BCUT2D eigenvalue weighted by molar-refractivity contribution is 5.77. The second kappa shape index (κ2) is 6.43. The van der Waals surface area contributed by atoms with E-state index in [-0.39, 0.29) is 11.3 Å². The first-order valence-electron chi connectivity index (χ1n) is 8.73. The van der Waals surface area contributed by atoms with Gasteiger partial charge >= 0.3 is 0 Å². The molecular formula is C19H23N3O3. The minimum Gasteiger partial charge on any atom is -0.454 e. The lowest BCUT2D eigenvalue weighted by Gasteiger charge is -2.40. The van der Waals surface area contributed by atoms with Gasteiger partial charge in [0.25, 0.3) is 0 Å². The molecule has 0 saturated carbocycles. The third kappa shape index (κ3) is 3.48. The van der Waals surface area contributed by atoms with Crippen LogP contribution in [0.1, 0.15) is 25.3 Å². The number of nitrogens with zero attached hydrogens (tertiary/aromatic N) is 3. The van der Waals surface area contributed by atoms with E-state index in [1.54, 1.807) is 12.5 Å². The molecule has 1 atom stereocenters. The Morgan fingerprint density at radius 1 is 1.24 bits per heavy atom. The molecule has 3 heterocycles. The lowest BCUT2D eigenvalue weighted by Crippen LogP contribution is -2.47. The molecule has 0 aliphatic carbocycles. The summed E-state index contributed by atoms with van der Waals surface area (Å²) in [5.74, 6) is 1.89. The zero-order valence-corrected chi connectivity index (χ0v) is 14.5. The van der Waals surface area contributed by atoms with Gasteiger partial charge in [0.15, 0.2) is 11.5 Å². The lowest BCUT2D eigenvalue weighted by atomic mass is 9.76. The van der Waals surface area contributed by atoms with Crippen molar-refractivity contribution in [2.75, 3.05) is 19.9 Å². The molecule has 1 aromatic heterocycles. The number of carbonyl (C=O) groups excluding carboxylic acids is 1. The van der Waals surface area contributed by atoms with E-state index in [9.17, 15) is 4.79 Å². The first-order chi connectivity index (χ1) is 12.1. The Hall–Kier alpha value is -2.50. The van der Waals surface area contributed by atoms with Crippen molar-refractivity contribution in [1.82, 2.24) is 14.5 Å².